The lowest BCUT2D eigenvalue weighted by Gasteiger charge is -2.01. The minimum Gasteiger partial charge on any atom is -0.396 e. The fraction of sp³-hybridized carbons (Fsp3) is 0.200. The van der Waals surface area contributed by atoms with Crippen molar-refractivity contribution in [2.24, 2.45) is 0 Å². The van der Waals surface area contributed by atoms with Crippen LogP contribution in [0.2, 0.25) is 0 Å². The highest BCUT2D eigenvalue weighted by molar-refractivity contribution is 5.30. The van der Waals surface area contributed by atoms with Crippen LogP contribution in [0.1, 0.15) is 11.1 Å². The molecule has 0 spiro atoms. The molecule has 0 unspecified atom stereocenters. The van der Waals surface area contributed by atoms with Crippen LogP contribution < -0.4 is 5.73 Å². The Labute approximate surface area is 82.4 Å². The van der Waals surface area contributed by atoms with E-state index in [0.29, 0.717) is 12.2 Å². The number of nitrogens with two attached hydrogens (primary N) is 1. The largest absolute Gasteiger partial charge is 0.396 e. The number of hydrogen-bond donors (Lipinski definition) is 1. The summed E-state index contributed by atoms with van der Waals surface area (Å²) in [5, 5.41) is 4.10. The average Bonchev–Trinajstić information content (AvgIpc) is 2.51. The normalized spacial score (nSPS) is 10.4. The van der Waals surface area contributed by atoms with Crippen molar-refractivity contribution in [2.75, 3.05) is 5.73 Å². The van der Waals surface area contributed by atoms with E-state index in [9.17, 15) is 0 Å². The fourth-order valence-electron chi connectivity index (χ4n) is 1.36. The first kappa shape index (κ1) is 8.74. The molecule has 0 fully saturated rings. The molecule has 0 aromatic carbocycles. The highest BCUT2D eigenvalue weighted by Gasteiger charge is 1.97. The number of aryl methyl sites for hydroxylation is 1. The summed E-state index contributed by atoms with van der Waals surface area (Å²) in [7, 11) is 0. The van der Waals surface area contributed by atoms with E-state index in [1.807, 2.05) is 25.5 Å². The molecule has 0 aliphatic rings. The minimum atomic E-state index is 0.686. The lowest BCUT2D eigenvalue weighted by molar-refractivity contribution is 0.684. The predicted octanol–water partition coefficient (Wildman–Crippen LogP) is 1.22. The third kappa shape index (κ3) is 1.90. The SMILES string of the molecule is Cc1cncc(Cn2cc(N)cn2)c1. The van der Waals surface area contributed by atoms with Gasteiger partial charge in [-0.1, -0.05) is 6.07 Å². The zero-order valence-corrected chi connectivity index (χ0v) is 8.01. The molecule has 0 saturated heterocycles. The number of anilines is 1. The molecular weight excluding hydrogens is 176 g/mol. The molecule has 2 rings (SSSR count). The second-order valence-electron chi connectivity index (χ2n) is 3.34. The Morgan fingerprint density at radius 2 is 2.21 bits per heavy atom. The van der Waals surface area contributed by atoms with Crippen LogP contribution >= 0.6 is 0 Å². The van der Waals surface area contributed by atoms with Gasteiger partial charge in [0.2, 0.25) is 0 Å². The zero-order chi connectivity index (χ0) is 9.97. The Kier molecular flexibility index (Phi) is 2.18. The Morgan fingerprint density at radius 1 is 1.36 bits per heavy atom. The molecule has 0 aliphatic carbocycles. The van der Waals surface area contributed by atoms with Gasteiger partial charge < -0.3 is 5.73 Å². The monoisotopic (exact) mass is 188 g/mol. The number of pyridine rings is 1. The van der Waals surface area contributed by atoms with E-state index >= 15 is 0 Å². The van der Waals surface area contributed by atoms with Gasteiger partial charge in [0.15, 0.2) is 0 Å². The van der Waals surface area contributed by atoms with E-state index in [1.54, 1.807) is 10.9 Å². The summed E-state index contributed by atoms with van der Waals surface area (Å²) in [6, 6.07) is 2.09. The minimum absolute atomic E-state index is 0.686. The van der Waals surface area contributed by atoms with Crippen LogP contribution in [0.5, 0.6) is 0 Å². The van der Waals surface area contributed by atoms with Crippen LogP contribution in [-0.2, 0) is 6.54 Å². The standard InChI is InChI=1S/C10H12N4/c1-8-2-9(4-12-3-8)6-14-7-10(11)5-13-14/h2-5,7H,6,11H2,1H3. The van der Waals surface area contributed by atoms with Crippen molar-refractivity contribution in [3.8, 4) is 0 Å². The maximum Gasteiger partial charge on any atom is 0.0719 e. The highest BCUT2D eigenvalue weighted by atomic mass is 15.3. The van der Waals surface area contributed by atoms with Gasteiger partial charge in [-0.2, -0.15) is 5.10 Å². The fourth-order valence-corrected chi connectivity index (χ4v) is 1.36. The van der Waals surface area contributed by atoms with Crippen molar-refractivity contribution in [1.29, 1.82) is 0 Å². The summed E-state index contributed by atoms with van der Waals surface area (Å²) in [6.45, 7) is 2.74. The number of aromatic nitrogens is 3. The van der Waals surface area contributed by atoms with E-state index in [-0.39, 0.29) is 0 Å². The Balaban J connectivity index is 2.18. The number of nitrogen functional groups attached to an aromatic ring is 1. The smallest absolute Gasteiger partial charge is 0.0719 e. The van der Waals surface area contributed by atoms with Crippen LogP contribution in [-0.4, -0.2) is 14.8 Å². The van der Waals surface area contributed by atoms with Crippen molar-refractivity contribution < 1.29 is 0 Å². The molecule has 0 radical (unpaired) electrons. The third-order valence-corrected chi connectivity index (χ3v) is 1.93. The maximum atomic E-state index is 5.56. The summed E-state index contributed by atoms with van der Waals surface area (Å²) < 4.78 is 1.80. The predicted molar refractivity (Wildman–Crippen MR) is 54.7 cm³/mol. The van der Waals surface area contributed by atoms with Gasteiger partial charge >= 0.3 is 0 Å². The number of rotatable bonds is 2. The van der Waals surface area contributed by atoms with Gasteiger partial charge in [-0.3, -0.25) is 9.67 Å². The van der Waals surface area contributed by atoms with Gasteiger partial charge in [0.1, 0.15) is 0 Å². The van der Waals surface area contributed by atoms with Crippen LogP contribution in [0.15, 0.2) is 30.9 Å². The van der Waals surface area contributed by atoms with Gasteiger partial charge in [0.05, 0.1) is 18.4 Å². The second-order valence-corrected chi connectivity index (χ2v) is 3.34. The average molecular weight is 188 g/mol. The van der Waals surface area contributed by atoms with E-state index < -0.39 is 0 Å². The summed E-state index contributed by atoms with van der Waals surface area (Å²) >= 11 is 0. The summed E-state index contributed by atoms with van der Waals surface area (Å²) in [5.74, 6) is 0. The molecule has 2 aromatic heterocycles. The van der Waals surface area contributed by atoms with Crippen LogP contribution in [0, 0.1) is 6.92 Å². The van der Waals surface area contributed by atoms with Gasteiger partial charge in [-0.25, -0.2) is 0 Å². The molecule has 0 saturated carbocycles. The van der Waals surface area contributed by atoms with Gasteiger partial charge in [-0.15, -0.1) is 0 Å². The van der Waals surface area contributed by atoms with Crippen molar-refractivity contribution in [1.82, 2.24) is 14.8 Å². The van der Waals surface area contributed by atoms with Crippen LogP contribution in [0.4, 0.5) is 5.69 Å². The second kappa shape index (κ2) is 3.49. The van der Waals surface area contributed by atoms with E-state index in [1.165, 1.54) is 0 Å². The quantitative estimate of drug-likeness (QED) is 0.770. The molecule has 72 valence electrons. The number of hydrogen-bond acceptors (Lipinski definition) is 3. The topological polar surface area (TPSA) is 56.7 Å². The summed E-state index contributed by atoms with van der Waals surface area (Å²) in [5.41, 5.74) is 8.54. The molecule has 4 nitrogen and oxygen atoms in total. The van der Waals surface area contributed by atoms with Crippen molar-refractivity contribution >= 4 is 5.69 Å². The van der Waals surface area contributed by atoms with Gasteiger partial charge in [0, 0.05) is 18.6 Å². The third-order valence-electron chi connectivity index (χ3n) is 1.93. The van der Waals surface area contributed by atoms with Crippen molar-refractivity contribution in [3.63, 3.8) is 0 Å². The first-order valence-corrected chi connectivity index (χ1v) is 4.42. The van der Waals surface area contributed by atoms with E-state index in [0.717, 1.165) is 11.1 Å². The molecule has 2 aromatic rings. The molecule has 4 heteroatoms. The molecule has 0 aliphatic heterocycles. The summed E-state index contributed by atoms with van der Waals surface area (Å²) in [6.07, 6.45) is 7.12. The van der Waals surface area contributed by atoms with Crippen molar-refractivity contribution in [3.05, 3.63) is 42.0 Å². The Hall–Kier alpha value is -1.84. The number of nitrogens with zero attached hydrogens (tertiary/aromatic N) is 3. The lowest BCUT2D eigenvalue weighted by atomic mass is 10.2. The maximum absolute atomic E-state index is 5.56. The summed E-state index contributed by atoms with van der Waals surface area (Å²) in [4.78, 5) is 4.11. The first-order valence-electron chi connectivity index (χ1n) is 4.42. The van der Waals surface area contributed by atoms with Crippen LogP contribution in [0.25, 0.3) is 0 Å². The molecule has 2 heterocycles. The van der Waals surface area contributed by atoms with Gasteiger partial charge in [-0.05, 0) is 18.1 Å². The molecule has 0 atom stereocenters. The van der Waals surface area contributed by atoms with E-state index in [2.05, 4.69) is 16.1 Å². The first-order chi connectivity index (χ1) is 6.74. The van der Waals surface area contributed by atoms with Crippen LogP contribution in [0.3, 0.4) is 0 Å². The molecule has 2 N–H and O–H groups in total. The molecule has 0 amide bonds. The molecular formula is C10H12N4. The Bertz CT molecular complexity index is 433. The lowest BCUT2D eigenvalue weighted by Crippen LogP contribution is -2.00. The molecule has 14 heavy (non-hydrogen) atoms. The molecule has 0 bridgehead atoms. The van der Waals surface area contributed by atoms with Gasteiger partial charge in [0.25, 0.3) is 0 Å². The zero-order valence-electron chi connectivity index (χ0n) is 8.01. The highest BCUT2D eigenvalue weighted by Crippen LogP contribution is 2.05. The van der Waals surface area contributed by atoms with Crippen molar-refractivity contribution in [2.45, 2.75) is 13.5 Å². The van der Waals surface area contributed by atoms with E-state index in [4.69, 9.17) is 5.73 Å². The Morgan fingerprint density at radius 3 is 2.86 bits per heavy atom.